The summed E-state index contributed by atoms with van der Waals surface area (Å²) >= 11 is 0. The fourth-order valence-corrected chi connectivity index (χ4v) is 4.99. The van der Waals surface area contributed by atoms with Crippen molar-refractivity contribution in [3.63, 3.8) is 0 Å². The quantitative estimate of drug-likeness (QED) is 0.129. The maximum absolute atomic E-state index is 5.96. The minimum Gasteiger partial charge on any atom is -0.494 e. The molecule has 0 aliphatic rings. The van der Waals surface area contributed by atoms with Gasteiger partial charge in [0.05, 0.1) is 6.61 Å². The molecule has 0 atom stereocenters. The predicted octanol–water partition coefficient (Wildman–Crippen LogP) is 9.14. The van der Waals surface area contributed by atoms with Crippen molar-refractivity contribution in [2.45, 2.75) is 84.8 Å². The van der Waals surface area contributed by atoms with Crippen LogP contribution in [0.4, 0.5) is 0 Å². The van der Waals surface area contributed by atoms with E-state index in [0.717, 1.165) is 50.3 Å². The van der Waals surface area contributed by atoms with Gasteiger partial charge in [0.2, 0.25) is 0 Å². The van der Waals surface area contributed by atoms with Crippen molar-refractivity contribution in [1.82, 2.24) is 4.57 Å². The molecule has 39 heavy (non-hydrogen) atoms. The summed E-state index contributed by atoms with van der Waals surface area (Å²) in [5.74, 6) is 1.90. The lowest BCUT2D eigenvalue weighted by atomic mass is 10.1. The fourth-order valence-electron chi connectivity index (χ4n) is 4.99. The van der Waals surface area contributed by atoms with Gasteiger partial charge < -0.3 is 14.0 Å². The van der Waals surface area contributed by atoms with E-state index in [4.69, 9.17) is 9.47 Å². The van der Waals surface area contributed by atoms with Crippen LogP contribution in [-0.4, -0.2) is 11.2 Å². The number of ether oxygens (including phenoxy) is 2. The van der Waals surface area contributed by atoms with Crippen LogP contribution in [0, 0.1) is 6.92 Å². The first kappa shape index (κ1) is 28.5. The molecule has 1 aromatic heterocycles. The Morgan fingerprint density at radius 1 is 0.564 bits per heavy atom. The van der Waals surface area contributed by atoms with Crippen molar-refractivity contribution in [3.05, 3.63) is 119 Å². The molecule has 0 bridgehead atoms. The van der Waals surface area contributed by atoms with E-state index in [0.29, 0.717) is 6.61 Å². The Labute approximate surface area is 235 Å². The Hall–Kier alpha value is -3.46. The molecule has 1 heterocycles. The monoisotopic (exact) mass is 523 g/mol. The molecule has 0 unspecified atom stereocenters. The molecule has 0 saturated carbocycles. The molecular weight excluding hydrogens is 478 g/mol. The number of benzene rings is 3. The molecular formula is C36H45NO2. The second-order valence-electron chi connectivity index (χ2n) is 10.5. The van der Waals surface area contributed by atoms with Crippen LogP contribution in [0.15, 0.2) is 91.0 Å². The van der Waals surface area contributed by atoms with Gasteiger partial charge in [0.1, 0.15) is 18.1 Å². The third-order valence-electron chi connectivity index (χ3n) is 7.44. The molecule has 206 valence electrons. The van der Waals surface area contributed by atoms with Gasteiger partial charge in [-0.2, -0.15) is 0 Å². The molecule has 0 amide bonds. The predicted molar refractivity (Wildman–Crippen MR) is 163 cm³/mol. The fraction of sp³-hybridized carbons (Fsp3) is 0.389. The van der Waals surface area contributed by atoms with Crippen molar-refractivity contribution in [2.75, 3.05) is 6.61 Å². The van der Waals surface area contributed by atoms with Crippen LogP contribution in [0.3, 0.4) is 0 Å². The third-order valence-corrected chi connectivity index (χ3v) is 7.44. The minimum atomic E-state index is 0.599. The summed E-state index contributed by atoms with van der Waals surface area (Å²) in [5, 5.41) is 0. The van der Waals surface area contributed by atoms with E-state index in [9.17, 15) is 0 Å². The van der Waals surface area contributed by atoms with Gasteiger partial charge in [-0.1, -0.05) is 93.6 Å². The lowest BCUT2D eigenvalue weighted by Crippen LogP contribution is -2.08. The molecule has 0 radical (unpaired) electrons. The van der Waals surface area contributed by atoms with Crippen LogP contribution in [0.2, 0.25) is 0 Å². The summed E-state index contributed by atoms with van der Waals surface area (Å²) in [6.45, 7) is 6.89. The van der Waals surface area contributed by atoms with Crippen LogP contribution in [-0.2, 0) is 32.4 Å². The van der Waals surface area contributed by atoms with E-state index in [1.165, 1.54) is 60.2 Å². The van der Waals surface area contributed by atoms with E-state index >= 15 is 0 Å². The van der Waals surface area contributed by atoms with Gasteiger partial charge in [-0.3, -0.25) is 0 Å². The minimum absolute atomic E-state index is 0.599. The number of hydrogen-bond acceptors (Lipinski definition) is 2. The number of aromatic nitrogens is 1. The highest BCUT2D eigenvalue weighted by atomic mass is 16.5. The molecule has 3 aromatic carbocycles. The summed E-state index contributed by atoms with van der Waals surface area (Å²) < 4.78 is 14.4. The summed E-state index contributed by atoms with van der Waals surface area (Å²) in [5.41, 5.74) is 6.60. The summed E-state index contributed by atoms with van der Waals surface area (Å²) in [6.07, 6.45) is 10.8. The first-order valence-electron chi connectivity index (χ1n) is 14.8. The zero-order valence-corrected chi connectivity index (χ0v) is 23.9. The normalized spacial score (nSPS) is 11.0. The van der Waals surface area contributed by atoms with Gasteiger partial charge in [0.25, 0.3) is 0 Å². The lowest BCUT2D eigenvalue weighted by Gasteiger charge is -2.13. The van der Waals surface area contributed by atoms with Crippen molar-refractivity contribution in [3.8, 4) is 11.5 Å². The standard InChI is InChI=1S/C36H45NO2/c1-3-4-5-6-7-11-28-38-35-22-18-32(19-23-35)26-27-37-30(2)14-20-34(37)21-15-31-16-24-36(25-17-31)39-29-33-12-9-8-10-13-33/h8-10,12-14,16-20,22-25H,3-7,11,15,21,26-29H2,1-2H3. The van der Waals surface area contributed by atoms with E-state index in [1.807, 2.05) is 18.2 Å². The van der Waals surface area contributed by atoms with Crippen molar-refractivity contribution in [1.29, 1.82) is 0 Å². The number of unbranched alkanes of at least 4 members (excludes halogenated alkanes) is 5. The highest BCUT2D eigenvalue weighted by Gasteiger charge is 2.07. The number of rotatable bonds is 17. The van der Waals surface area contributed by atoms with Crippen molar-refractivity contribution in [2.24, 2.45) is 0 Å². The van der Waals surface area contributed by atoms with E-state index in [1.54, 1.807) is 0 Å². The van der Waals surface area contributed by atoms with Gasteiger partial charge in [0.15, 0.2) is 0 Å². The molecule has 0 aliphatic heterocycles. The van der Waals surface area contributed by atoms with Gasteiger partial charge in [-0.25, -0.2) is 0 Å². The van der Waals surface area contributed by atoms with Crippen LogP contribution in [0.25, 0.3) is 0 Å². The lowest BCUT2D eigenvalue weighted by molar-refractivity contribution is 0.304. The summed E-state index contributed by atoms with van der Waals surface area (Å²) in [4.78, 5) is 0. The number of hydrogen-bond donors (Lipinski definition) is 0. The van der Waals surface area contributed by atoms with E-state index in [2.05, 4.69) is 91.2 Å². The van der Waals surface area contributed by atoms with Crippen LogP contribution in [0.1, 0.15) is 73.5 Å². The average molecular weight is 524 g/mol. The molecule has 0 fully saturated rings. The van der Waals surface area contributed by atoms with Crippen LogP contribution < -0.4 is 9.47 Å². The Morgan fingerprint density at radius 2 is 1.21 bits per heavy atom. The molecule has 3 heteroatoms. The van der Waals surface area contributed by atoms with E-state index in [-0.39, 0.29) is 0 Å². The van der Waals surface area contributed by atoms with Crippen LogP contribution in [0.5, 0.6) is 11.5 Å². The first-order valence-corrected chi connectivity index (χ1v) is 14.8. The summed E-state index contributed by atoms with van der Waals surface area (Å²) in [7, 11) is 0. The first-order chi connectivity index (χ1) is 19.2. The molecule has 4 rings (SSSR count). The van der Waals surface area contributed by atoms with Gasteiger partial charge in [0, 0.05) is 17.9 Å². The second-order valence-corrected chi connectivity index (χ2v) is 10.5. The van der Waals surface area contributed by atoms with Crippen molar-refractivity contribution >= 4 is 0 Å². The highest BCUT2D eigenvalue weighted by molar-refractivity contribution is 5.29. The Bertz CT molecular complexity index is 1210. The summed E-state index contributed by atoms with van der Waals surface area (Å²) in [6, 6.07) is 32.1. The zero-order valence-electron chi connectivity index (χ0n) is 23.9. The van der Waals surface area contributed by atoms with E-state index < -0.39 is 0 Å². The third kappa shape index (κ3) is 9.66. The average Bonchev–Trinajstić information content (AvgIpc) is 3.34. The Kier molecular flexibility index (Phi) is 11.6. The molecule has 4 aromatic rings. The zero-order chi connectivity index (χ0) is 27.1. The smallest absolute Gasteiger partial charge is 0.119 e. The maximum atomic E-state index is 5.96. The molecule has 0 saturated heterocycles. The molecule has 3 nitrogen and oxygen atoms in total. The molecule has 0 N–H and O–H groups in total. The molecule has 0 aliphatic carbocycles. The van der Waals surface area contributed by atoms with Crippen molar-refractivity contribution < 1.29 is 9.47 Å². The Morgan fingerprint density at radius 3 is 1.92 bits per heavy atom. The molecule has 0 spiro atoms. The number of aryl methyl sites for hydroxylation is 4. The largest absolute Gasteiger partial charge is 0.494 e. The SMILES string of the molecule is CCCCCCCCOc1ccc(CCn2c(C)ccc2CCc2ccc(OCc3ccccc3)cc2)cc1. The van der Waals surface area contributed by atoms with Crippen LogP contribution >= 0.6 is 0 Å². The highest BCUT2D eigenvalue weighted by Crippen LogP contribution is 2.19. The number of nitrogens with zero attached hydrogens (tertiary/aromatic N) is 1. The van der Waals surface area contributed by atoms with Gasteiger partial charge >= 0.3 is 0 Å². The maximum Gasteiger partial charge on any atom is 0.119 e. The van der Waals surface area contributed by atoms with Gasteiger partial charge in [-0.15, -0.1) is 0 Å². The second kappa shape index (κ2) is 15.8. The Balaban J connectivity index is 1.20. The van der Waals surface area contributed by atoms with Gasteiger partial charge in [-0.05, 0) is 85.7 Å². The topological polar surface area (TPSA) is 23.4 Å².